The third-order valence-electron chi connectivity index (χ3n) is 3.23. The van der Waals surface area contributed by atoms with Gasteiger partial charge in [0.25, 0.3) is 0 Å². The Kier molecular flexibility index (Phi) is 3.62. The highest BCUT2D eigenvalue weighted by atomic mass is 16.3. The van der Waals surface area contributed by atoms with Gasteiger partial charge in [0.1, 0.15) is 0 Å². The second-order valence-electron chi connectivity index (χ2n) is 5.28. The summed E-state index contributed by atoms with van der Waals surface area (Å²) >= 11 is 0. The summed E-state index contributed by atoms with van der Waals surface area (Å²) in [5.74, 6) is 1.70. The molecule has 1 heterocycles. The molecule has 0 unspecified atom stereocenters. The van der Waals surface area contributed by atoms with Crippen LogP contribution in [-0.2, 0) is 0 Å². The van der Waals surface area contributed by atoms with Crippen molar-refractivity contribution in [2.75, 3.05) is 11.9 Å². The lowest BCUT2D eigenvalue weighted by Crippen LogP contribution is -2.33. The number of aliphatic hydroxyl groups excluding tert-OH is 1. The van der Waals surface area contributed by atoms with E-state index in [9.17, 15) is 5.11 Å². The molecule has 0 amide bonds. The number of aliphatic hydroxyl groups is 1. The molecule has 0 spiro atoms. The number of aryl methyl sites for hydroxylation is 1. The van der Waals surface area contributed by atoms with Gasteiger partial charge in [0.2, 0.25) is 5.95 Å². The molecule has 2 rings (SSSR count). The number of rotatable bonds is 4. The molecular weight excluding hydrogens is 214 g/mol. The lowest BCUT2D eigenvalue weighted by atomic mass is 9.82. The van der Waals surface area contributed by atoms with Crippen LogP contribution in [0.25, 0.3) is 0 Å². The maximum Gasteiger partial charge on any atom is 0.223 e. The Labute approximate surface area is 102 Å². The van der Waals surface area contributed by atoms with Crippen molar-refractivity contribution >= 4 is 5.95 Å². The summed E-state index contributed by atoms with van der Waals surface area (Å²) < 4.78 is 0. The molecule has 4 nitrogen and oxygen atoms in total. The van der Waals surface area contributed by atoms with E-state index in [1.165, 1.54) is 0 Å². The van der Waals surface area contributed by atoms with E-state index in [1.807, 2.05) is 13.0 Å². The molecule has 1 aromatic heterocycles. The quantitative estimate of drug-likeness (QED) is 0.839. The van der Waals surface area contributed by atoms with Gasteiger partial charge in [-0.25, -0.2) is 9.97 Å². The van der Waals surface area contributed by atoms with E-state index in [2.05, 4.69) is 29.1 Å². The Morgan fingerprint density at radius 3 is 2.71 bits per heavy atom. The first kappa shape index (κ1) is 12.3. The fraction of sp³-hybridized carbons (Fsp3) is 0.692. The van der Waals surface area contributed by atoms with Crippen LogP contribution in [0.1, 0.15) is 44.0 Å². The van der Waals surface area contributed by atoms with E-state index in [-0.39, 0.29) is 6.10 Å². The summed E-state index contributed by atoms with van der Waals surface area (Å²) in [6.45, 7) is 7.12. The summed E-state index contributed by atoms with van der Waals surface area (Å²) in [4.78, 5) is 8.88. The van der Waals surface area contributed by atoms with Crippen LogP contribution in [0.3, 0.4) is 0 Å². The fourth-order valence-corrected chi connectivity index (χ4v) is 2.07. The summed E-state index contributed by atoms with van der Waals surface area (Å²) in [7, 11) is 0. The molecule has 1 saturated carbocycles. The highest BCUT2D eigenvalue weighted by Gasteiger charge is 2.26. The van der Waals surface area contributed by atoms with Gasteiger partial charge in [-0.05, 0) is 37.7 Å². The average molecular weight is 235 g/mol. The summed E-state index contributed by atoms with van der Waals surface area (Å²) in [5, 5.41) is 12.5. The van der Waals surface area contributed by atoms with E-state index in [0.29, 0.717) is 11.8 Å². The molecule has 0 aliphatic heterocycles. The van der Waals surface area contributed by atoms with E-state index in [4.69, 9.17) is 0 Å². The highest BCUT2D eigenvalue weighted by molar-refractivity contribution is 5.29. The van der Waals surface area contributed by atoms with E-state index < -0.39 is 0 Å². The molecule has 0 saturated heterocycles. The minimum atomic E-state index is -0.0912. The fourth-order valence-electron chi connectivity index (χ4n) is 2.07. The third kappa shape index (κ3) is 3.16. The normalized spacial score (nSPS) is 23.6. The number of nitrogens with one attached hydrogen (secondary N) is 1. The molecule has 17 heavy (non-hydrogen) atoms. The molecule has 1 aliphatic carbocycles. The molecule has 2 N–H and O–H groups in total. The monoisotopic (exact) mass is 235 g/mol. The standard InChI is InChI=1S/C13H21N3O/c1-8(2)12-4-9(3)15-13(16-12)14-7-10-5-11(17)6-10/h4,8,10-11,17H,5-7H2,1-3H3,(H,14,15,16). The predicted octanol–water partition coefficient (Wildman–Crippen LogP) is 2.09. The zero-order chi connectivity index (χ0) is 12.4. The van der Waals surface area contributed by atoms with Crippen LogP contribution < -0.4 is 5.32 Å². The lowest BCUT2D eigenvalue weighted by molar-refractivity contribution is 0.0486. The smallest absolute Gasteiger partial charge is 0.223 e. The third-order valence-corrected chi connectivity index (χ3v) is 3.23. The highest BCUT2D eigenvalue weighted by Crippen LogP contribution is 2.27. The van der Waals surface area contributed by atoms with Crippen molar-refractivity contribution in [3.05, 3.63) is 17.5 Å². The van der Waals surface area contributed by atoms with Crippen molar-refractivity contribution in [3.8, 4) is 0 Å². The van der Waals surface area contributed by atoms with E-state index in [0.717, 1.165) is 36.7 Å². The Morgan fingerprint density at radius 2 is 2.12 bits per heavy atom. The van der Waals surface area contributed by atoms with Gasteiger partial charge in [-0.1, -0.05) is 13.8 Å². The van der Waals surface area contributed by atoms with Crippen LogP contribution in [0.2, 0.25) is 0 Å². The molecular formula is C13H21N3O. The predicted molar refractivity (Wildman–Crippen MR) is 68.1 cm³/mol. The number of nitrogens with zero attached hydrogens (tertiary/aromatic N) is 2. The van der Waals surface area contributed by atoms with Crippen LogP contribution in [-0.4, -0.2) is 27.7 Å². The largest absolute Gasteiger partial charge is 0.393 e. The lowest BCUT2D eigenvalue weighted by Gasteiger charge is -2.31. The molecule has 4 heteroatoms. The van der Waals surface area contributed by atoms with Crippen LogP contribution >= 0.6 is 0 Å². The second kappa shape index (κ2) is 5.00. The summed E-state index contributed by atoms with van der Waals surface area (Å²) in [6, 6.07) is 2.03. The van der Waals surface area contributed by atoms with Gasteiger partial charge in [0, 0.05) is 17.9 Å². The second-order valence-corrected chi connectivity index (χ2v) is 5.28. The number of anilines is 1. The van der Waals surface area contributed by atoms with Gasteiger partial charge in [-0.3, -0.25) is 0 Å². The van der Waals surface area contributed by atoms with Crippen LogP contribution in [0.15, 0.2) is 6.07 Å². The molecule has 1 fully saturated rings. The molecule has 1 aliphatic rings. The van der Waals surface area contributed by atoms with Crippen molar-refractivity contribution in [2.24, 2.45) is 5.92 Å². The molecule has 1 aromatic rings. The summed E-state index contributed by atoms with van der Waals surface area (Å²) in [5.41, 5.74) is 2.08. The maximum atomic E-state index is 9.22. The Morgan fingerprint density at radius 1 is 1.41 bits per heavy atom. The Balaban J connectivity index is 1.95. The van der Waals surface area contributed by atoms with Gasteiger partial charge in [0.05, 0.1) is 6.10 Å². The molecule has 0 atom stereocenters. The van der Waals surface area contributed by atoms with E-state index >= 15 is 0 Å². The summed E-state index contributed by atoms with van der Waals surface area (Å²) in [6.07, 6.45) is 1.71. The molecule has 94 valence electrons. The first-order valence-corrected chi connectivity index (χ1v) is 6.32. The number of hydrogen-bond acceptors (Lipinski definition) is 4. The first-order chi connectivity index (χ1) is 8.04. The van der Waals surface area contributed by atoms with Crippen molar-refractivity contribution in [2.45, 2.75) is 45.6 Å². The Hall–Kier alpha value is -1.16. The average Bonchev–Trinajstić information content (AvgIpc) is 2.22. The van der Waals surface area contributed by atoms with Gasteiger partial charge >= 0.3 is 0 Å². The molecule has 0 bridgehead atoms. The zero-order valence-electron chi connectivity index (χ0n) is 10.8. The van der Waals surface area contributed by atoms with Crippen LogP contribution in [0, 0.1) is 12.8 Å². The topological polar surface area (TPSA) is 58.0 Å². The first-order valence-electron chi connectivity index (χ1n) is 6.32. The zero-order valence-corrected chi connectivity index (χ0v) is 10.8. The van der Waals surface area contributed by atoms with Gasteiger partial charge in [-0.2, -0.15) is 0 Å². The molecule has 0 aromatic carbocycles. The van der Waals surface area contributed by atoms with Gasteiger partial charge in [-0.15, -0.1) is 0 Å². The van der Waals surface area contributed by atoms with E-state index in [1.54, 1.807) is 0 Å². The maximum absolute atomic E-state index is 9.22. The van der Waals surface area contributed by atoms with Crippen LogP contribution in [0.5, 0.6) is 0 Å². The van der Waals surface area contributed by atoms with Crippen LogP contribution in [0.4, 0.5) is 5.95 Å². The van der Waals surface area contributed by atoms with Crippen molar-refractivity contribution < 1.29 is 5.11 Å². The Bertz CT molecular complexity index is 386. The van der Waals surface area contributed by atoms with Crippen molar-refractivity contribution in [1.29, 1.82) is 0 Å². The van der Waals surface area contributed by atoms with Gasteiger partial charge < -0.3 is 10.4 Å². The minimum absolute atomic E-state index is 0.0912. The van der Waals surface area contributed by atoms with Crippen molar-refractivity contribution in [1.82, 2.24) is 9.97 Å². The molecule has 0 radical (unpaired) electrons. The number of hydrogen-bond donors (Lipinski definition) is 2. The minimum Gasteiger partial charge on any atom is -0.393 e. The van der Waals surface area contributed by atoms with Gasteiger partial charge in [0.15, 0.2) is 0 Å². The van der Waals surface area contributed by atoms with Crippen molar-refractivity contribution in [3.63, 3.8) is 0 Å². The SMILES string of the molecule is Cc1cc(C(C)C)nc(NCC2CC(O)C2)n1. The number of aromatic nitrogens is 2.